The third-order valence-electron chi connectivity index (χ3n) is 1.66. The van der Waals surface area contributed by atoms with Crippen LogP contribution < -0.4 is 0 Å². The van der Waals surface area contributed by atoms with Gasteiger partial charge in [0.15, 0.2) is 5.25 Å². The number of hydrogen-bond donors (Lipinski definition) is 2. The number of carbonyl (C=O) groups is 2. The van der Waals surface area contributed by atoms with Crippen LogP contribution in [0.5, 0.6) is 0 Å². The van der Waals surface area contributed by atoms with Crippen molar-refractivity contribution in [2.24, 2.45) is 0 Å². The van der Waals surface area contributed by atoms with Gasteiger partial charge in [-0.25, -0.2) is 0 Å². The maximum atomic E-state index is 11.2. The summed E-state index contributed by atoms with van der Waals surface area (Å²) in [6, 6.07) is 0. The van der Waals surface area contributed by atoms with E-state index in [-0.39, 0.29) is 72.3 Å². The summed E-state index contributed by atoms with van der Waals surface area (Å²) in [7, 11) is -4.80. The average Bonchev–Trinajstić information content (AvgIpc) is 2.19. The molecule has 11 heteroatoms. The molecular weight excluding hydrogens is 302 g/mol. The molecule has 2 N–H and O–H groups in total. The number of aliphatic carboxylic acids is 1. The second-order valence-corrected chi connectivity index (χ2v) is 4.56. The molecule has 0 aromatic heterocycles. The van der Waals surface area contributed by atoms with Gasteiger partial charge in [0.25, 0.3) is 10.1 Å². The van der Waals surface area contributed by atoms with Gasteiger partial charge in [0, 0.05) is 6.61 Å². The third-order valence-corrected chi connectivity index (χ3v) is 2.74. The summed E-state index contributed by atoms with van der Waals surface area (Å²) in [4.78, 5) is 21.5. The fraction of sp³-hybridized carbons (Fsp3) is 0.750. The van der Waals surface area contributed by atoms with Gasteiger partial charge in [0.05, 0.1) is 13.0 Å². The summed E-state index contributed by atoms with van der Waals surface area (Å²) >= 11 is 0. The molecule has 0 aromatic carbocycles. The van der Waals surface area contributed by atoms with E-state index < -0.39 is 33.7 Å². The van der Waals surface area contributed by atoms with Crippen molar-refractivity contribution in [3.05, 3.63) is 0 Å². The zero-order chi connectivity index (χ0) is 13.5. The number of carbonyl (C=O) groups excluding carboxylic acids is 1. The van der Waals surface area contributed by atoms with E-state index in [0.29, 0.717) is 6.61 Å². The zero-order valence-electron chi connectivity index (χ0n) is 9.16. The molecule has 1 unspecified atom stereocenters. The Labute approximate surface area is 155 Å². The zero-order valence-corrected chi connectivity index (χ0v) is 9.97. The fourth-order valence-corrected chi connectivity index (χ4v) is 1.57. The van der Waals surface area contributed by atoms with Crippen molar-refractivity contribution in [1.82, 2.24) is 0 Å². The van der Waals surface area contributed by atoms with Crippen molar-refractivity contribution in [2.75, 3.05) is 19.8 Å². The van der Waals surface area contributed by atoms with E-state index in [1.807, 2.05) is 0 Å². The first kappa shape index (κ1) is 24.8. The summed E-state index contributed by atoms with van der Waals surface area (Å²) in [6.07, 6.45) is -1.05. The van der Waals surface area contributed by atoms with E-state index in [9.17, 15) is 18.0 Å². The first-order valence-electron chi connectivity index (χ1n) is 4.71. The monoisotopic (exact) mass is 318 g/mol. The van der Waals surface area contributed by atoms with Crippen molar-refractivity contribution < 1.29 is 37.1 Å². The van der Waals surface area contributed by atoms with Gasteiger partial charge >= 0.3 is 71.1 Å². The van der Waals surface area contributed by atoms with E-state index in [4.69, 9.17) is 14.4 Å². The van der Waals surface area contributed by atoms with Crippen LogP contribution in [0.3, 0.4) is 0 Å². The molecule has 104 valence electrons. The minimum atomic E-state index is -4.80. The van der Waals surface area contributed by atoms with E-state index in [1.54, 1.807) is 6.92 Å². The van der Waals surface area contributed by atoms with Gasteiger partial charge < -0.3 is 14.6 Å². The standard InChI is InChI=1S/C8H14O8S.2Na.2H/c1-2-15-3-4-16-8(11)6(5-7(9)10)17(12,13)14;;;;/h6H,2-5H2,1H3,(H,9,10)(H,12,13,14);;;;. The molecule has 0 saturated carbocycles. The molecular formula is C8H16Na2O8S. The normalized spacial score (nSPS) is 11.7. The van der Waals surface area contributed by atoms with Gasteiger partial charge in [0.2, 0.25) is 0 Å². The predicted molar refractivity (Wildman–Crippen MR) is 69.3 cm³/mol. The van der Waals surface area contributed by atoms with Crippen molar-refractivity contribution in [1.29, 1.82) is 0 Å². The van der Waals surface area contributed by atoms with Gasteiger partial charge in [-0.1, -0.05) is 0 Å². The molecule has 0 heterocycles. The van der Waals surface area contributed by atoms with Crippen LogP contribution in [0, 0.1) is 0 Å². The van der Waals surface area contributed by atoms with Gasteiger partial charge in [-0.15, -0.1) is 0 Å². The van der Waals surface area contributed by atoms with Gasteiger partial charge in [-0.2, -0.15) is 8.42 Å². The fourth-order valence-electron chi connectivity index (χ4n) is 0.907. The molecule has 0 fully saturated rings. The maximum absolute atomic E-state index is 11.2. The van der Waals surface area contributed by atoms with E-state index in [1.165, 1.54) is 0 Å². The molecule has 8 nitrogen and oxygen atoms in total. The number of esters is 1. The van der Waals surface area contributed by atoms with Crippen molar-refractivity contribution >= 4 is 81.2 Å². The van der Waals surface area contributed by atoms with Gasteiger partial charge in [-0.05, 0) is 6.92 Å². The molecule has 0 saturated heterocycles. The van der Waals surface area contributed by atoms with Gasteiger partial charge in [0.1, 0.15) is 6.61 Å². The van der Waals surface area contributed by atoms with Crippen LogP contribution in [0.2, 0.25) is 0 Å². The number of hydrogen-bond acceptors (Lipinski definition) is 6. The molecule has 1 atom stereocenters. The Morgan fingerprint density at radius 2 is 1.74 bits per heavy atom. The van der Waals surface area contributed by atoms with Crippen LogP contribution in [0.4, 0.5) is 0 Å². The molecule has 0 aliphatic rings. The van der Waals surface area contributed by atoms with E-state index in [0.717, 1.165) is 0 Å². The number of carboxylic acid groups (broad SMARTS) is 1. The van der Waals surface area contributed by atoms with E-state index in [2.05, 4.69) is 4.74 Å². The van der Waals surface area contributed by atoms with Crippen LogP contribution in [0.15, 0.2) is 0 Å². The molecule has 0 aliphatic heterocycles. The van der Waals surface area contributed by atoms with Crippen LogP contribution in [0.1, 0.15) is 13.3 Å². The Kier molecular flexibility index (Phi) is 16.4. The Balaban J connectivity index is -0.00000128. The second kappa shape index (κ2) is 12.5. The summed E-state index contributed by atoms with van der Waals surface area (Å²) in [5, 5.41) is 6.29. The van der Waals surface area contributed by atoms with Crippen LogP contribution in [-0.2, 0) is 29.2 Å². The molecule has 0 aliphatic carbocycles. The average molecular weight is 318 g/mol. The Hall–Kier alpha value is 0.810. The molecule has 0 spiro atoms. The summed E-state index contributed by atoms with van der Waals surface area (Å²) in [5.41, 5.74) is 0. The number of ether oxygens (including phenoxy) is 2. The summed E-state index contributed by atoms with van der Waals surface area (Å²) in [5.74, 6) is -2.84. The molecule has 0 aromatic rings. The first-order valence-corrected chi connectivity index (χ1v) is 6.21. The second-order valence-electron chi connectivity index (χ2n) is 2.97. The van der Waals surface area contributed by atoms with E-state index >= 15 is 0 Å². The molecule has 19 heavy (non-hydrogen) atoms. The quantitative estimate of drug-likeness (QED) is 0.228. The number of rotatable bonds is 8. The molecule has 0 radical (unpaired) electrons. The van der Waals surface area contributed by atoms with Crippen LogP contribution >= 0.6 is 0 Å². The molecule has 0 rings (SSSR count). The number of carboxylic acids is 1. The predicted octanol–water partition coefficient (Wildman–Crippen LogP) is -2.00. The summed E-state index contributed by atoms with van der Waals surface area (Å²) in [6.45, 7) is 1.97. The Morgan fingerprint density at radius 3 is 2.11 bits per heavy atom. The summed E-state index contributed by atoms with van der Waals surface area (Å²) < 4.78 is 39.5. The van der Waals surface area contributed by atoms with Crippen molar-refractivity contribution in [2.45, 2.75) is 18.6 Å². The van der Waals surface area contributed by atoms with Crippen molar-refractivity contribution in [3.63, 3.8) is 0 Å². The van der Waals surface area contributed by atoms with Crippen LogP contribution in [-0.4, -0.2) is 114 Å². The minimum absolute atomic E-state index is 0. The first-order chi connectivity index (χ1) is 7.79. The SMILES string of the molecule is CCOCCOC(=O)C(CC(=O)O)S(=O)(=O)O.[NaH].[NaH]. The van der Waals surface area contributed by atoms with Crippen molar-refractivity contribution in [3.8, 4) is 0 Å². The van der Waals surface area contributed by atoms with Crippen LogP contribution in [0.25, 0.3) is 0 Å². The third kappa shape index (κ3) is 12.3. The van der Waals surface area contributed by atoms with Gasteiger partial charge in [-0.3, -0.25) is 14.1 Å². The topological polar surface area (TPSA) is 127 Å². The molecule has 0 bridgehead atoms. The molecule has 0 amide bonds. The Bertz CT molecular complexity index is 369. The Morgan fingerprint density at radius 1 is 1.21 bits per heavy atom.